The van der Waals surface area contributed by atoms with Crippen LogP contribution in [0, 0.1) is 0 Å². The predicted molar refractivity (Wildman–Crippen MR) is 70.4 cm³/mol. The standard InChI is InChI=1S/C11H19ClN2O3S/c1-3-6-10-13-11(18(12,15)16)9-14(10)7-5-8-17-4-2/h9H,3-8H2,1-2H3. The molecule has 5 nitrogen and oxygen atoms in total. The van der Waals surface area contributed by atoms with Crippen LogP contribution in [0.1, 0.15) is 32.5 Å². The van der Waals surface area contributed by atoms with Gasteiger partial charge in [-0.1, -0.05) is 6.92 Å². The molecule has 0 aliphatic rings. The Morgan fingerprint density at radius 3 is 2.72 bits per heavy atom. The van der Waals surface area contributed by atoms with Crippen LogP contribution in [0.15, 0.2) is 11.2 Å². The van der Waals surface area contributed by atoms with Crippen molar-refractivity contribution in [2.24, 2.45) is 0 Å². The molecule has 0 aliphatic heterocycles. The Morgan fingerprint density at radius 1 is 1.44 bits per heavy atom. The number of ether oxygens (including phenoxy) is 1. The molecule has 104 valence electrons. The first-order valence-electron chi connectivity index (χ1n) is 6.07. The molecule has 0 aromatic carbocycles. The van der Waals surface area contributed by atoms with Crippen LogP contribution >= 0.6 is 10.7 Å². The van der Waals surface area contributed by atoms with Crippen LogP contribution in [0.3, 0.4) is 0 Å². The lowest BCUT2D eigenvalue weighted by molar-refractivity contribution is 0.141. The molecule has 1 aromatic rings. The van der Waals surface area contributed by atoms with Crippen LogP contribution < -0.4 is 0 Å². The number of hydrogen-bond acceptors (Lipinski definition) is 4. The Hall–Kier alpha value is -0.590. The molecule has 1 rings (SSSR count). The molecule has 0 bridgehead atoms. The van der Waals surface area contributed by atoms with Gasteiger partial charge in [0.2, 0.25) is 0 Å². The summed E-state index contributed by atoms with van der Waals surface area (Å²) in [4.78, 5) is 4.07. The highest BCUT2D eigenvalue weighted by Gasteiger charge is 2.17. The van der Waals surface area contributed by atoms with Gasteiger partial charge in [0.25, 0.3) is 9.05 Å². The van der Waals surface area contributed by atoms with Gasteiger partial charge in [-0.3, -0.25) is 0 Å². The zero-order chi connectivity index (χ0) is 13.6. The fraction of sp³-hybridized carbons (Fsp3) is 0.727. The summed E-state index contributed by atoms with van der Waals surface area (Å²) in [6.45, 7) is 6.00. The van der Waals surface area contributed by atoms with Crippen molar-refractivity contribution >= 4 is 19.7 Å². The first kappa shape index (κ1) is 15.5. The van der Waals surface area contributed by atoms with E-state index in [1.54, 1.807) is 0 Å². The van der Waals surface area contributed by atoms with E-state index in [0.717, 1.165) is 25.1 Å². The third kappa shape index (κ3) is 4.59. The van der Waals surface area contributed by atoms with Crippen LogP contribution in [0.25, 0.3) is 0 Å². The van der Waals surface area contributed by atoms with Crippen molar-refractivity contribution < 1.29 is 13.2 Å². The lowest BCUT2D eigenvalue weighted by Crippen LogP contribution is -2.05. The molecule has 0 unspecified atom stereocenters. The van der Waals surface area contributed by atoms with Gasteiger partial charge in [-0.25, -0.2) is 13.4 Å². The van der Waals surface area contributed by atoms with E-state index >= 15 is 0 Å². The molecular weight excluding hydrogens is 276 g/mol. The van der Waals surface area contributed by atoms with Gasteiger partial charge in [-0.2, -0.15) is 0 Å². The zero-order valence-corrected chi connectivity index (χ0v) is 12.3. The molecule has 0 saturated heterocycles. The maximum absolute atomic E-state index is 11.2. The Balaban J connectivity index is 2.78. The molecule has 0 amide bonds. The van der Waals surface area contributed by atoms with E-state index in [1.807, 2.05) is 18.4 Å². The van der Waals surface area contributed by atoms with Gasteiger partial charge in [0.05, 0.1) is 0 Å². The van der Waals surface area contributed by atoms with Gasteiger partial charge in [0.15, 0.2) is 5.03 Å². The highest BCUT2D eigenvalue weighted by atomic mass is 35.7. The largest absolute Gasteiger partial charge is 0.382 e. The quantitative estimate of drug-likeness (QED) is 0.545. The smallest absolute Gasteiger partial charge is 0.280 e. The van der Waals surface area contributed by atoms with E-state index in [0.29, 0.717) is 19.8 Å². The predicted octanol–water partition coefficient (Wildman–Crippen LogP) is 2.19. The normalized spacial score (nSPS) is 11.9. The van der Waals surface area contributed by atoms with Gasteiger partial charge in [-0.05, 0) is 19.8 Å². The van der Waals surface area contributed by atoms with Crippen LogP contribution in [0.2, 0.25) is 0 Å². The Kier molecular flexibility index (Phi) is 6.11. The second-order valence-corrected chi connectivity index (χ2v) is 6.44. The molecule has 0 radical (unpaired) electrons. The van der Waals surface area contributed by atoms with Gasteiger partial charge in [0, 0.05) is 43.1 Å². The van der Waals surface area contributed by atoms with Gasteiger partial charge in [-0.15, -0.1) is 0 Å². The molecule has 18 heavy (non-hydrogen) atoms. The lowest BCUT2D eigenvalue weighted by Gasteiger charge is -2.06. The van der Waals surface area contributed by atoms with Crippen LogP contribution in [0.5, 0.6) is 0 Å². The third-order valence-electron chi connectivity index (χ3n) is 2.45. The fourth-order valence-electron chi connectivity index (χ4n) is 1.64. The van der Waals surface area contributed by atoms with Crippen molar-refractivity contribution in [1.82, 2.24) is 9.55 Å². The number of aryl methyl sites for hydroxylation is 2. The Bertz CT molecular complexity index is 471. The molecule has 1 heterocycles. The van der Waals surface area contributed by atoms with Crippen molar-refractivity contribution in [3.63, 3.8) is 0 Å². The number of imidazole rings is 1. The maximum atomic E-state index is 11.2. The summed E-state index contributed by atoms with van der Waals surface area (Å²) in [5, 5.41) is -0.0657. The first-order valence-corrected chi connectivity index (χ1v) is 8.38. The number of rotatable bonds is 8. The van der Waals surface area contributed by atoms with E-state index < -0.39 is 9.05 Å². The van der Waals surface area contributed by atoms with Crippen molar-refractivity contribution in [3.8, 4) is 0 Å². The number of halogens is 1. The lowest BCUT2D eigenvalue weighted by atomic mass is 10.3. The van der Waals surface area contributed by atoms with Crippen LogP contribution in [-0.2, 0) is 26.8 Å². The first-order chi connectivity index (χ1) is 8.49. The maximum Gasteiger partial charge on any atom is 0.280 e. The summed E-state index contributed by atoms with van der Waals surface area (Å²) in [5.41, 5.74) is 0. The zero-order valence-electron chi connectivity index (χ0n) is 10.7. The van der Waals surface area contributed by atoms with E-state index in [9.17, 15) is 8.42 Å². The second kappa shape index (κ2) is 7.11. The summed E-state index contributed by atoms with van der Waals surface area (Å²) in [6.07, 6.45) is 3.97. The summed E-state index contributed by atoms with van der Waals surface area (Å²) in [5.74, 6) is 0.758. The van der Waals surface area contributed by atoms with Crippen LogP contribution in [0.4, 0.5) is 0 Å². The SMILES string of the molecule is CCCc1nc(S(=O)(=O)Cl)cn1CCCOCC. The van der Waals surface area contributed by atoms with E-state index in [2.05, 4.69) is 4.98 Å². The molecule has 0 saturated carbocycles. The minimum absolute atomic E-state index is 0.0657. The summed E-state index contributed by atoms with van der Waals surface area (Å²) in [7, 11) is 1.55. The molecular formula is C11H19ClN2O3S. The van der Waals surface area contributed by atoms with E-state index in [1.165, 1.54) is 6.20 Å². The van der Waals surface area contributed by atoms with Crippen LogP contribution in [-0.4, -0.2) is 31.2 Å². The Morgan fingerprint density at radius 2 is 2.17 bits per heavy atom. The monoisotopic (exact) mass is 294 g/mol. The van der Waals surface area contributed by atoms with E-state index in [-0.39, 0.29) is 5.03 Å². The molecule has 0 aliphatic carbocycles. The van der Waals surface area contributed by atoms with Crippen molar-refractivity contribution in [2.75, 3.05) is 13.2 Å². The van der Waals surface area contributed by atoms with Gasteiger partial charge >= 0.3 is 0 Å². The minimum atomic E-state index is -3.75. The highest BCUT2D eigenvalue weighted by molar-refractivity contribution is 8.13. The number of aromatic nitrogens is 2. The number of hydrogen-bond donors (Lipinski definition) is 0. The molecule has 7 heteroatoms. The summed E-state index contributed by atoms with van der Waals surface area (Å²) < 4.78 is 29.6. The fourth-order valence-corrected chi connectivity index (χ4v) is 2.33. The molecule has 0 N–H and O–H groups in total. The topological polar surface area (TPSA) is 61.2 Å². The van der Waals surface area contributed by atoms with Crippen molar-refractivity contribution in [2.45, 2.75) is 44.7 Å². The van der Waals surface area contributed by atoms with Gasteiger partial charge < -0.3 is 9.30 Å². The van der Waals surface area contributed by atoms with E-state index in [4.69, 9.17) is 15.4 Å². The number of nitrogens with zero attached hydrogens (tertiary/aromatic N) is 2. The average molecular weight is 295 g/mol. The van der Waals surface area contributed by atoms with Crippen molar-refractivity contribution in [1.29, 1.82) is 0 Å². The van der Waals surface area contributed by atoms with Gasteiger partial charge in [0.1, 0.15) is 5.82 Å². The van der Waals surface area contributed by atoms with Crippen molar-refractivity contribution in [3.05, 3.63) is 12.0 Å². The molecule has 0 atom stereocenters. The molecule has 0 spiro atoms. The third-order valence-corrected chi connectivity index (χ3v) is 3.62. The molecule has 1 aromatic heterocycles. The minimum Gasteiger partial charge on any atom is -0.382 e. The molecule has 0 fully saturated rings. The Labute approximate surface area is 113 Å². The summed E-state index contributed by atoms with van der Waals surface area (Å²) in [6, 6.07) is 0. The second-order valence-electron chi connectivity index (χ2n) is 3.93. The average Bonchev–Trinajstić information content (AvgIpc) is 2.68. The summed E-state index contributed by atoms with van der Waals surface area (Å²) >= 11 is 0. The highest BCUT2D eigenvalue weighted by Crippen LogP contribution is 2.16.